The molecule has 0 radical (unpaired) electrons. The van der Waals surface area contributed by atoms with Gasteiger partial charge in [0.05, 0.1) is 18.9 Å². The maximum Gasteiger partial charge on any atom is 0.191 e. The van der Waals surface area contributed by atoms with Gasteiger partial charge in [-0.05, 0) is 47.4 Å². The fourth-order valence-corrected chi connectivity index (χ4v) is 5.57. The summed E-state index contributed by atoms with van der Waals surface area (Å²) in [5.74, 6) is 0.0435. The Kier molecular flexibility index (Phi) is 5.75. The number of nitrogens with zero attached hydrogens (tertiary/aromatic N) is 1. The molecule has 1 aliphatic heterocycles. The Morgan fingerprint density at radius 3 is 2.43 bits per heavy atom. The van der Waals surface area contributed by atoms with E-state index in [1.54, 1.807) is 11.3 Å². The third-order valence-electron chi connectivity index (χ3n) is 6.24. The van der Waals surface area contributed by atoms with Gasteiger partial charge in [0.2, 0.25) is 0 Å². The number of fused-ring (bicyclic) bond motifs is 2. The molecular weight excluding hydrogens is 450 g/mol. The van der Waals surface area contributed by atoms with Crippen LogP contribution in [-0.4, -0.2) is 12.4 Å². The van der Waals surface area contributed by atoms with Crippen LogP contribution in [0.2, 0.25) is 0 Å². The highest BCUT2D eigenvalue weighted by Crippen LogP contribution is 2.42. The molecule has 4 heteroatoms. The predicted octanol–water partition coefficient (Wildman–Crippen LogP) is 8.17. The molecule has 1 aromatic heterocycles. The van der Waals surface area contributed by atoms with Gasteiger partial charge in [-0.3, -0.25) is 4.79 Å². The van der Waals surface area contributed by atoms with E-state index >= 15 is 0 Å². The van der Waals surface area contributed by atoms with Crippen LogP contribution in [0.25, 0.3) is 16.8 Å². The average Bonchev–Trinajstić information content (AvgIpc) is 3.30. The number of Topliss-reactive ketones (excluding diaryl/α,β-unsaturated/α-hetero) is 1. The summed E-state index contributed by atoms with van der Waals surface area (Å²) in [4.78, 5) is 16.5. The summed E-state index contributed by atoms with van der Waals surface area (Å²) in [6, 6.07) is 37.2. The number of ketones is 1. The molecule has 0 fully saturated rings. The van der Waals surface area contributed by atoms with E-state index in [4.69, 9.17) is 4.74 Å². The Balaban J connectivity index is 1.43. The smallest absolute Gasteiger partial charge is 0.191 e. The molecule has 0 saturated carbocycles. The number of anilines is 3. The van der Waals surface area contributed by atoms with E-state index in [1.165, 1.54) is 10.8 Å². The SMILES string of the molecule is O=C1/C(=C\c2ccc(N(c3ccccc3)c3cccc4ccccc34)s2)COCc2ccccc21. The van der Waals surface area contributed by atoms with Crippen LogP contribution in [0.5, 0.6) is 0 Å². The van der Waals surface area contributed by atoms with E-state index in [1.807, 2.05) is 36.4 Å². The normalized spacial score (nSPS) is 14.6. The van der Waals surface area contributed by atoms with E-state index in [0.29, 0.717) is 18.8 Å². The van der Waals surface area contributed by atoms with Gasteiger partial charge in [-0.15, -0.1) is 11.3 Å². The Labute approximate surface area is 208 Å². The summed E-state index contributed by atoms with van der Waals surface area (Å²) in [5, 5.41) is 3.47. The Hall–Kier alpha value is -3.99. The van der Waals surface area contributed by atoms with Crippen molar-refractivity contribution >= 4 is 50.3 Å². The lowest BCUT2D eigenvalue weighted by atomic mass is 10.00. The number of benzene rings is 4. The van der Waals surface area contributed by atoms with Crippen LogP contribution in [0, 0.1) is 0 Å². The van der Waals surface area contributed by atoms with E-state index < -0.39 is 0 Å². The number of para-hydroxylation sites is 1. The van der Waals surface area contributed by atoms with Crippen molar-refractivity contribution in [1.82, 2.24) is 0 Å². The highest BCUT2D eigenvalue weighted by molar-refractivity contribution is 7.17. The third kappa shape index (κ3) is 4.18. The Morgan fingerprint density at radius 2 is 1.51 bits per heavy atom. The summed E-state index contributed by atoms with van der Waals surface area (Å²) in [6.07, 6.45) is 1.98. The average molecular weight is 474 g/mol. The standard InChI is InChI=1S/C31H23NO2S/c33-31-24(21-34-20-23-10-5-7-15-28(23)31)19-26-17-18-30(35-26)32(25-12-2-1-3-13-25)29-16-8-11-22-9-4-6-14-27(22)29/h1-19H,20-21H2/b24-19-. The minimum Gasteiger partial charge on any atom is -0.372 e. The molecule has 3 nitrogen and oxygen atoms in total. The molecule has 5 aromatic rings. The quantitative estimate of drug-likeness (QED) is 0.247. The number of ether oxygens (including phenoxy) is 1. The fourth-order valence-electron chi connectivity index (χ4n) is 4.56. The summed E-state index contributed by atoms with van der Waals surface area (Å²) in [6.45, 7) is 0.768. The van der Waals surface area contributed by atoms with Gasteiger partial charge in [-0.2, -0.15) is 0 Å². The van der Waals surface area contributed by atoms with Crippen LogP contribution in [-0.2, 0) is 11.3 Å². The van der Waals surface area contributed by atoms with Gasteiger partial charge in [0.15, 0.2) is 5.78 Å². The summed E-state index contributed by atoms with van der Waals surface area (Å²) < 4.78 is 5.82. The molecule has 0 saturated heterocycles. The lowest BCUT2D eigenvalue weighted by Crippen LogP contribution is -2.08. The summed E-state index contributed by atoms with van der Waals surface area (Å²) in [5.41, 5.74) is 4.57. The Morgan fingerprint density at radius 1 is 0.743 bits per heavy atom. The largest absolute Gasteiger partial charge is 0.372 e. The van der Waals surface area contributed by atoms with Gasteiger partial charge in [0, 0.05) is 27.1 Å². The number of carbonyl (C=O) groups is 1. The first-order valence-electron chi connectivity index (χ1n) is 11.6. The molecule has 6 rings (SSSR count). The first-order chi connectivity index (χ1) is 17.3. The monoisotopic (exact) mass is 473 g/mol. The van der Waals surface area contributed by atoms with Crippen molar-refractivity contribution in [3.63, 3.8) is 0 Å². The zero-order valence-corrected chi connectivity index (χ0v) is 19.9. The van der Waals surface area contributed by atoms with E-state index in [0.717, 1.165) is 32.4 Å². The second-order valence-corrected chi connectivity index (χ2v) is 9.59. The van der Waals surface area contributed by atoms with Gasteiger partial charge in [0.1, 0.15) is 5.00 Å². The van der Waals surface area contributed by atoms with Crippen molar-refractivity contribution in [2.75, 3.05) is 11.5 Å². The maximum absolute atomic E-state index is 13.2. The van der Waals surface area contributed by atoms with Crippen molar-refractivity contribution in [2.45, 2.75) is 6.61 Å². The maximum atomic E-state index is 13.2. The number of hydrogen-bond acceptors (Lipinski definition) is 4. The second-order valence-electron chi connectivity index (χ2n) is 8.49. The topological polar surface area (TPSA) is 29.5 Å². The molecule has 0 atom stereocenters. The number of hydrogen-bond donors (Lipinski definition) is 0. The van der Waals surface area contributed by atoms with E-state index in [2.05, 4.69) is 83.8 Å². The number of rotatable bonds is 4. The first-order valence-corrected chi connectivity index (χ1v) is 12.4. The van der Waals surface area contributed by atoms with Crippen molar-refractivity contribution in [1.29, 1.82) is 0 Å². The highest BCUT2D eigenvalue weighted by Gasteiger charge is 2.21. The van der Waals surface area contributed by atoms with Crippen molar-refractivity contribution in [3.05, 3.63) is 131 Å². The highest BCUT2D eigenvalue weighted by atomic mass is 32.1. The lowest BCUT2D eigenvalue weighted by Gasteiger charge is -2.25. The first kappa shape index (κ1) is 21.5. The van der Waals surface area contributed by atoms with Crippen LogP contribution in [0.15, 0.2) is 115 Å². The molecule has 1 aliphatic rings. The molecule has 0 aliphatic carbocycles. The van der Waals surface area contributed by atoms with Crippen LogP contribution in [0.4, 0.5) is 16.4 Å². The fraction of sp³-hybridized carbons (Fsp3) is 0.0645. The molecular formula is C31H23NO2S. The summed E-state index contributed by atoms with van der Waals surface area (Å²) >= 11 is 1.66. The lowest BCUT2D eigenvalue weighted by molar-refractivity contribution is 0.100. The van der Waals surface area contributed by atoms with Gasteiger partial charge >= 0.3 is 0 Å². The van der Waals surface area contributed by atoms with Gasteiger partial charge in [-0.25, -0.2) is 0 Å². The minimum atomic E-state index is 0.0435. The van der Waals surface area contributed by atoms with Crippen molar-refractivity contribution < 1.29 is 9.53 Å². The number of carbonyl (C=O) groups excluding carboxylic acids is 1. The Bertz CT molecular complexity index is 1550. The molecule has 35 heavy (non-hydrogen) atoms. The molecule has 2 heterocycles. The van der Waals surface area contributed by atoms with Crippen molar-refractivity contribution in [2.24, 2.45) is 0 Å². The molecule has 0 spiro atoms. The molecule has 0 N–H and O–H groups in total. The van der Waals surface area contributed by atoms with E-state index in [9.17, 15) is 4.79 Å². The third-order valence-corrected chi connectivity index (χ3v) is 7.26. The van der Waals surface area contributed by atoms with E-state index in [-0.39, 0.29) is 5.78 Å². The zero-order chi connectivity index (χ0) is 23.6. The molecule has 0 amide bonds. The van der Waals surface area contributed by atoms with Gasteiger partial charge < -0.3 is 9.64 Å². The van der Waals surface area contributed by atoms with Gasteiger partial charge in [0.25, 0.3) is 0 Å². The molecule has 4 aromatic carbocycles. The molecule has 0 unspecified atom stereocenters. The minimum absolute atomic E-state index is 0.0435. The molecule has 0 bridgehead atoms. The second kappa shape index (κ2) is 9.34. The van der Waals surface area contributed by atoms with Crippen LogP contribution in [0.1, 0.15) is 20.8 Å². The number of thiophene rings is 1. The molecule has 170 valence electrons. The van der Waals surface area contributed by atoms with Crippen LogP contribution in [0.3, 0.4) is 0 Å². The van der Waals surface area contributed by atoms with Crippen LogP contribution < -0.4 is 4.90 Å². The summed E-state index contributed by atoms with van der Waals surface area (Å²) in [7, 11) is 0. The van der Waals surface area contributed by atoms with Crippen LogP contribution >= 0.6 is 11.3 Å². The zero-order valence-electron chi connectivity index (χ0n) is 19.1. The van der Waals surface area contributed by atoms with Gasteiger partial charge in [-0.1, -0.05) is 78.9 Å². The predicted molar refractivity (Wildman–Crippen MR) is 145 cm³/mol. The van der Waals surface area contributed by atoms with Crippen molar-refractivity contribution in [3.8, 4) is 0 Å².